The average Bonchev–Trinajstić information content (AvgIpc) is 2.59. The van der Waals surface area contributed by atoms with Gasteiger partial charge in [-0.3, -0.25) is 0 Å². The van der Waals surface area contributed by atoms with Crippen LogP contribution in [0.5, 0.6) is 5.75 Å². The first-order valence-corrected chi connectivity index (χ1v) is 8.84. The van der Waals surface area contributed by atoms with Gasteiger partial charge in [0.2, 0.25) is 5.95 Å². The normalized spacial score (nSPS) is 10.7. The number of halogens is 2. The maximum absolute atomic E-state index is 6.18. The fourth-order valence-corrected chi connectivity index (χ4v) is 2.69. The molecule has 0 aliphatic carbocycles. The summed E-state index contributed by atoms with van der Waals surface area (Å²) in [6, 6.07) is 14.6. The summed E-state index contributed by atoms with van der Waals surface area (Å²) in [6.45, 7) is 3.98. The van der Waals surface area contributed by atoms with Crippen LogP contribution in [0.1, 0.15) is 13.8 Å². The van der Waals surface area contributed by atoms with Crippen LogP contribution >= 0.6 is 23.2 Å². The largest absolute Gasteiger partial charge is 0.491 e. The molecule has 0 spiro atoms. The summed E-state index contributed by atoms with van der Waals surface area (Å²) in [5, 5.41) is 7.42. The van der Waals surface area contributed by atoms with Gasteiger partial charge < -0.3 is 15.4 Å². The fraction of sp³-hybridized carbons (Fsp3) is 0.158. The third-order valence-corrected chi connectivity index (χ3v) is 3.88. The first-order chi connectivity index (χ1) is 12.5. The number of rotatable bonds is 6. The monoisotopic (exact) mass is 388 g/mol. The predicted octanol–water partition coefficient (Wildman–Crippen LogP) is 6.06. The van der Waals surface area contributed by atoms with Crippen molar-refractivity contribution in [2.45, 2.75) is 20.0 Å². The summed E-state index contributed by atoms with van der Waals surface area (Å²) >= 11 is 12.1. The molecule has 0 bridgehead atoms. The fourth-order valence-electron chi connectivity index (χ4n) is 2.24. The van der Waals surface area contributed by atoms with Gasteiger partial charge in [0, 0.05) is 16.9 Å². The highest BCUT2D eigenvalue weighted by Crippen LogP contribution is 2.28. The third-order valence-electron chi connectivity index (χ3n) is 3.33. The number of nitrogens with one attached hydrogen (secondary N) is 2. The van der Waals surface area contributed by atoms with Gasteiger partial charge in [0.25, 0.3) is 0 Å². The Labute approximate surface area is 162 Å². The van der Waals surface area contributed by atoms with Crippen LogP contribution in [0.25, 0.3) is 0 Å². The minimum absolute atomic E-state index is 0.139. The molecule has 0 saturated heterocycles. The van der Waals surface area contributed by atoms with Gasteiger partial charge in [0.15, 0.2) is 0 Å². The molecule has 0 aliphatic rings. The lowest BCUT2D eigenvalue weighted by molar-refractivity contribution is 0.242. The first-order valence-electron chi connectivity index (χ1n) is 8.08. The van der Waals surface area contributed by atoms with Crippen LogP contribution in [-0.4, -0.2) is 16.1 Å². The second-order valence-electron chi connectivity index (χ2n) is 5.83. The molecule has 0 unspecified atom stereocenters. The Balaban J connectivity index is 1.71. The van der Waals surface area contributed by atoms with Crippen molar-refractivity contribution in [2.75, 3.05) is 10.6 Å². The highest BCUT2D eigenvalue weighted by Gasteiger charge is 2.05. The molecule has 3 aromatic rings. The minimum atomic E-state index is 0.139. The van der Waals surface area contributed by atoms with Crippen LogP contribution in [0.4, 0.5) is 23.1 Å². The Morgan fingerprint density at radius 1 is 0.962 bits per heavy atom. The second kappa shape index (κ2) is 8.25. The lowest BCUT2D eigenvalue weighted by Crippen LogP contribution is -2.05. The summed E-state index contributed by atoms with van der Waals surface area (Å²) in [5.41, 5.74) is 1.58. The van der Waals surface area contributed by atoms with Gasteiger partial charge in [-0.1, -0.05) is 23.2 Å². The SMILES string of the molecule is CC(C)Oc1ccc(Nc2nccc(Nc3ccc(Cl)cc3Cl)n2)cc1. The van der Waals surface area contributed by atoms with Crippen molar-refractivity contribution in [3.05, 3.63) is 64.8 Å². The van der Waals surface area contributed by atoms with Crippen LogP contribution in [-0.2, 0) is 0 Å². The van der Waals surface area contributed by atoms with E-state index in [1.54, 1.807) is 30.5 Å². The molecule has 26 heavy (non-hydrogen) atoms. The van der Waals surface area contributed by atoms with Gasteiger partial charge in [-0.2, -0.15) is 4.98 Å². The van der Waals surface area contributed by atoms with Gasteiger partial charge in [-0.25, -0.2) is 4.98 Å². The molecule has 0 fully saturated rings. The molecular weight excluding hydrogens is 371 g/mol. The van der Waals surface area contributed by atoms with Gasteiger partial charge in [0.1, 0.15) is 11.6 Å². The number of ether oxygens (including phenoxy) is 1. The van der Waals surface area contributed by atoms with Crippen LogP contribution in [0.2, 0.25) is 10.0 Å². The number of hydrogen-bond acceptors (Lipinski definition) is 5. The standard InChI is InChI=1S/C19H18Cl2N4O/c1-12(2)26-15-6-4-14(5-7-15)23-19-22-10-9-18(25-19)24-17-8-3-13(20)11-16(17)21/h3-12H,1-2H3,(H2,22,23,24,25). The van der Waals surface area contributed by atoms with Crippen LogP contribution in [0.3, 0.4) is 0 Å². The van der Waals surface area contributed by atoms with Crippen molar-refractivity contribution in [1.29, 1.82) is 0 Å². The van der Waals surface area contributed by atoms with Crippen LogP contribution < -0.4 is 15.4 Å². The Morgan fingerprint density at radius 2 is 1.73 bits per heavy atom. The molecule has 3 rings (SSSR count). The van der Waals surface area contributed by atoms with Gasteiger partial charge >= 0.3 is 0 Å². The van der Waals surface area contributed by atoms with Crippen molar-refractivity contribution in [2.24, 2.45) is 0 Å². The van der Waals surface area contributed by atoms with E-state index in [-0.39, 0.29) is 6.10 Å². The van der Waals surface area contributed by atoms with Gasteiger partial charge in [-0.15, -0.1) is 0 Å². The van der Waals surface area contributed by atoms with E-state index in [9.17, 15) is 0 Å². The van der Waals surface area contributed by atoms with E-state index in [0.29, 0.717) is 21.8 Å². The molecule has 1 aromatic heterocycles. The van der Waals surface area contributed by atoms with Gasteiger partial charge in [0.05, 0.1) is 16.8 Å². The second-order valence-corrected chi connectivity index (χ2v) is 6.67. The molecule has 2 aromatic carbocycles. The number of anilines is 4. The van der Waals surface area contributed by atoms with E-state index in [4.69, 9.17) is 27.9 Å². The Kier molecular flexibility index (Phi) is 5.81. The number of hydrogen-bond donors (Lipinski definition) is 2. The summed E-state index contributed by atoms with van der Waals surface area (Å²) in [5.74, 6) is 1.91. The highest BCUT2D eigenvalue weighted by molar-refractivity contribution is 6.36. The van der Waals surface area contributed by atoms with E-state index < -0.39 is 0 Å². The average molecular weight is 389 g/mol. The summed E-state index contributed by atoms with van der Waals surface area (Å²) in [7, 11) is 0. The zero-order valence-electron chi connectivity index (χ0n) is 14.3. The summed E-state index contributed by atoms with van der Waals surface area (Å²) < 4.78 is 5.63. The predicted molar refractivity (Wildman–Crippen MR) is 107 cm³/mol. The number of aromatic nitrogens is 2. The molecule has 0 saturated carbocycles. The van der Waals surface area contributed by atoms with Crippen molar-refractivity contribution in [1.82, 2.24) is 9.97 Å². The molecule has 5 nitrogen and oxygen atoms in total. The van der Waals surface area contributed by atoms with E-state index in [1.807, 2.05) is 38.1 Å². The molecular formula is C19H18Cl2N4O. The van der Waals surface area contributed by atoms with Crippen molar-refractivity contribution < 1.29 is 4.74 Å². The molecule has 134 valence electrons. The van der Waals surface area contributed by atoms with E-state index in [0.717, 1.165) is 17.1 Å². The molecule has 0 radical (unpaired) electrons. The minimum Gasteiger partial charge on any atom is -0.491 e. The Bertz CT molecular complexity index is 885. The third kappa shape index (κ3) is 5.00. The van der Waals surface area contributed by atoms with E-state index in [1.165, 1.54) is 0 Å². The van der Waals surface area contributed by atoms with Crippen molar-refractivity contribution >= 4 is 46.3 Å². The number of nitrogens with zero attached hydrogens (tertiary/aromatic N) is 2. The molecule has 2 N–H and O–H groups in total. The molecule has 0 atom stereocenters. The van der Waals surface area contributed by atoms with E-state index >= 15 is 0 Å². The van der Waals surface area contributed by atoms with Crippen LogP contribution in [0, 0.1) is 0 Å². The molecule has 1 heterocycles. The summed E-state index contributed by atoms with van der Waals surface area (Å²) in [6.07, 6.45) is 1.80. The molecule has 0 amide bonds. The topological polar surface area (TPSA) is 59.1 Å². The highest BCUT2D eigenvalue weighted by atomic mass is 35.5. The molecule has 0 aliphatic heterocycles. The maximum Gasteiger partial charge on any atom is 0.229 e. The quantitative estimate of drug-likeness (QED) is 0.537. The number of benzene rings is 2. The lowest BCUT2D eigenvalue weighted by atomic mass is 10.3. The Hall–Kier alpha value is -2.50. The zero-order valence-corrected chi connectivity index (χ0v) is 15.8. The van der Waals surface area contributed by atoms with Crippen LogP contribution in [0.15, 0.2) is 54.7 Å². The van der Waals surface area contributed by atoms with E-state index in [2.05, 4.69) is 20.6 Å². The maximum atomic E-state index is 6.18. The Morgan fingerprint density at radius 3 is 2.42 bits per heavy atom. The zero-order chi connectivity index (χ0) is 18.5. The smallest absolute Gasteiger partial charge is 0.229 e. The summed E-state index contributed by atoms with van der Waals surface area (Å²) in [4.78, 5) is 8.68. The molecule has 7 heteroatoms. The first kappa shape index (κ1) is 18.3. The van der Waals surface area contributed by atoms with Crippen molar-refractivity contribution in [3.63, 3.8) is 0 Å². The van der Waals surface area contributed by atoms with Gasteiger partial charge in [-0.05, 0) is 62.4 Å². The van der Waals surface area contributed by atoms with Crippen molar-refractivity contribution in [3.8, 4) is 5.75 Å². The lowest BCUT2D eigenvalue weighted by Gasteiger charge is -2.11.